The lowest BCUT2D eigenvalue weighted by Crippen LogP contribution is -2.19. The number of hydrogen-bond donors (Lipinski definition) is 2. The lowest BCUT2D eigenvalue weighted by molar-refractivity contribution is 0.0733. The molecule has 0 aliphatic carbocycles. The van der Waals surface area contributed by atoms with Crippen LogP contribution in [0.4, 0.5) is 0 Å². The Kier molecular flexibility index (Phi) is 7.35. The van der Waals surface area contributed by atoms with Crippen LogP contribution in [0.3, 0.4) is 0 Å². The average molecular weight is 642 g/mol. The maximum Gasteiger partial charge on any atom is 0.343 e. The standard InChI is InChI=1S/C31H18BrClN4O5/c32-20-9-11-24(42-31(39)17-8-10-25-26(13-17)41-16-40-25)19(12-20)15-35-37-30(38)29-27(21-5-1-2-7-23(21)33)22-6-3-4-18(14-34)28(22)36-29/h1-13,15,36H,16H2,(H,37,38). The lowest BCUT2D eigenvalue weighted by Gasteiger charge is -2.09. The van der Waals surface area contributed by atoms with Gasteiger partial charge < -0.3 is 19.2 Å². The highest BCUT2D eigenvalue weighted by Gasteiger charge is 2.22. The van der Waals surface area contributed by atoms with Crippen LogP contribution in [-0.4, -0.2) is 29.9 Å². The topological polar surface area (TPSA) is 126 Å². The van der Waals surface area contributed by atoms with Gasteiger partial charge >= 0.3 is 5.97 Å². The van der Waals surface area contributed by atoms with Crippen molar-refractivity contribution in [2.45, 2.75) is 0 Å². The molecule has 0 atom stereocenters. The Hall–Kier alpha value is -5.11. The monoisotopic (exact) mass is 640 g/mol. The molecule has 0 spiro atoms. The van der Waals surface area contributed by atoms with Gasteiger partial charge in [0.15, 0.2) is 11.5 Å². The van der Waals surface area contributed by atoms with Crippen molar-refractivity contribution in [1.82, 2.24) is 10.4 Å². The summed E-state index contributed by atoms with van der Waals surface area (Å²) in [6.07, 6.45) is 1.36. The summed E-state index contributed by atoms with van der Waals surface area (Å²) >= 11 is 9.91. The van der Waals surface area contributed by atoms with Crippen molar-refractivity contribution in [2.75, 3.05) is 6.79 Å². The molecular weight excluding hydrogens is 624 g/mol. The molecule has 1 aliphatic rings. The number of carbonyl (C=O) groups excluding carboxylic acids is 2. The van der Waals surface area contributed by atoms with E-state index in [0.717, 1.165) is 0 Å². The molecule has 1 aromatic heterocycles. The number of carbonyl (C=O) groups is 2. The molecule has 5 aromatic rings. The number of rotatable bonds is 6. The second kappa shape index (κ2) is 11.4. The van der Waals surface area contributed by atoms with E-state index in [9.17, 15) is 14.9 Å². The minimum atomic E-state index is -0.606. The molecule has 1 amide bonds. The maximum absolute atomic E-state index is 13.4. The second-order valence-corrected chi connectivity index (χ2v) is 10.4. The van der Waals surface area contributed by atoms with Gasteiger partial charge in [-0.3, -0.25) is 4.79 Å². The summed E-state index contributed by atoms with van der Waals surface area (Å²) in [5, 5.41) is 14.9. The molecule has 1 aliphatic heterocycles. The van der Waals surface area contributed by atoms with Gasteiger partial charge in [0.2, 0.25) is 6.79 Å². The quantitative estimate of drug-likeness (QED) is 0.0906. The summed E-state index contributed by atoms with van der Waals surface area (Å²) in [6.45, 7) is 0.0881. The van der Waals surface area contributed by atoms with Gasteiger partial charge in [-0.25, -0.2) is 10.2 Å². The third-order valence-electron chi connectivity index (χ3n) is 6.48. The van der Waals surface area contributed by atoms with Crippen LogP contribution < -0.4 is 19.6 Å². The van der Waals surface area contributed by atoms with Gasteiger partial charge in [0.1, 0.15) is 17.5 Å². The Balaban J connectivity index is 1.28. The summed E-state index contributed by atoms with van der Waals surface area (Å²) in [6, 6.07) is 24.3. The first kappa shape index (κ1) is 27.1. The van der Waals surface area contributed by atoms with Crippen LogP contribution in [0.2, 0.25) is 5.02 Å². The van der Waals surface area contributed by atoms with Crippen LogP contribution in [0.1, 0.15) is 32.0 Å². The number of amides is 1. The molecule has 0 radical (unpaired) electrons. The molecule has 0 unspecified atom stereocenters. The van der Waals surface area contributed by atoms with Gasteiger partial charge in [0.05, 0.1) is 22.9 Å². The molecule has 42 heavy (non-hydrogen) atoms. The van der Waals surface area contributed by atoms with E-state index in [0.29, 0.717) is 54.2 Å². The van der Waals surface area contributed by atoms with E-state index in [1.54, 1.807) is 66.7 Å². The summed E-state index contributed by atoms with van der Waals surface area (Å²) in [5.74, 6) is 0.0650. The number of aromatic nitrogens is 1. The first-order chi connectivity index (χ1) is 20.4. The predicted molar refractivity (Wildman–Crippen MR) is 160 cm³/mol. The molecule has 0 bridgehead atoms. The molecule has 2 heterocycles. The van der Waals surface area contributed by atoms with Crippen molar-refractivity contribution >= 4 is 56.5 Å². The van der Waals surface area contributed by atoms with Crippen LogP contribution >= 0.6 is 27.5 Å². The van der Waals surface area contributed by atoms with Crippen molar-refractivity contribution in [3.05, 3.63) is 111 Å². The maximum atomic E-state index is 13.4. The summed E-state index contributed by atoms with van der Waals surface area (Å²) in [7, 11) is 0. The fraction of sp³-hybridized carbons (Fsp3) is 0.0323. The average Bonchev–Trinajstić information content (AvgIpc) is 3.63. The van der Waals surface area contributed by atoms with Crippen LogP contribution in [0.15, 0.2) is 88.4 Å². The molecular formula is C31H18BrClN4O5. The minimum Gasteiger partial charge on any atom is -0.454 e. The summed E-state index contributed by atoms with van der Waals surface area (Å²) in [4.78, 5) is 29.4. The highest BCUT2D eigenvalue weighted by molar-refractivity contribution is 9.10. The van der Waals surface area contributed by atoms with E-state index in [1.807, 2.05) is 12.1 Å². The van der Waals surface area contributed by atoms with Gasteiger partial charge in [-0.05, 0) is 48.5 Å². The molecule has 0 fully saturated rings. The van der Waals surface area contributed by atoms with Crippen molar-refractivity contribution in [2.24, 2.45) is 5.10 Å². The third-order valence-corrected chi connectivity index (χ3v) is 7.30. The molecule has 6 rings (SSSR count). The second-order valence-electron chi connectivity index (χ2n) is 9.03. The molecule has 2 N–H and O–H groups in total. The zero-order valence-corrected chi connectivity index (χ0v) is 23.8. The van der Waals surface area contributed by atoms with Gasteiger partial charge in [-0.1, -0.05) is 57.9 Å². The molecule has 11 heteroatoms. The Bertz CT molecular complexity index is 1960. The number of nitrogens with one attached hydrogen (secondary N) is 2. The van der Waals surface area contributed by atoms with E-state index >= 15 is 0 Å². The van der Waals surface area contributed by atoms with E-state index in [4.69, 9.17) is 25.8 Å². The third kappa shape index (κ3) is 5.19. The van der Waals surface area contributed by atoms with Crippen LogP contribution in [0.25, 0.3) is 22.0 Å². The fourth-order valence-electron chi connectivity index (χ4n) is 4.54. The Morgan fingerprint density at radius 1 is 1.05 bits per heavy atom. The Labute approximate surface area is 252 Å². The van der Waals surface area contributed by atoms with Crippen LogP contribution in [-0.2, 0) is 0 Å². The molecule has 206 valence electrons. The number of hydrazone groups is 1. The van der Waals surface area contributed by atoms with E-state index in [1.165, 1.54) is 6.21 Å². The number of benzene rings is 4. The zero-order chi connectivity index (χ0) is 29.2. The molecule has 0 saturated carbocycles. The highest BCUT2D eigenvalue weighted by Crippen LogP contribution is 2.38. The Morgan fingerprint density at radius 3 is 2.71 bits per heavy atom. The molecule has 4 aromatic carbocycles. The number of halogens is 2. The largest absolute Gasteiger partial charge is 0.454 e. The number of para-hydroxylation sites is 1. The number of esters is 1. The Morgan fingerprint density at radius 2 is 1.88 bits per heavy atom. The number of ether oxygens (including phenoxy) is 3. The van der Waals surface area contributed by atoms with Gasteiger partial charge in [0.25, 0.3) is 5.91 Å². The van der Waals surface area contributed by atoms with Crippen LogP contribution in [0, 0.1) is 11.3 Å². The highest BCUT2D eigenvalue weighted by atomic mass is 79.9. The number of nitriles is 1. The van der Waals surface area contributed by atoms with Gasteiger partial charge in [-0.15, -0.1) is 0 Å². The van der Waals surface area contributed by atoms with Crippen molar-refractivity contribution < 1.29 is 23.8 Å². The zero-order valence-electron chi connectivity index (χ0n) is 21.5. The van der Waals surface area contributed by atoms with Gasteiger partial charge in [0, 0.05) is 31.6 Å². The van der Waals surface area contributed by atoms with E-state index in [-0.39, 0.29) is 23.8 Å². The molecule has 9 nitrogen and oxygen atoms in total. The lowest BCUT2D eigenvalue weighted by atomic mass is 10.0. The van der Waals surface area contributed by atoms with Crippen molar-refractivity contribution in [1.29, 1.82) is 5.26 Å². The first-order valence-electron chi connectivity index (χ1n) is 12.5. The number of hydrogen-bond acceptors (Lipinski definition) is 7. The number of nitrogens with zero attached hydrogens (tertiary/aromatic N) is 2. The normalized spacial score (nSPS) is 11.9. The van der Waals surface area contributed by atoms with Crippen molar-refractivity contribution in [3.63, 3.8) is 0 Å². The minimum absolute atomic E-state index is 0.0881. The van der Waals surface area contributed by atoms with E-state index < -0.39 is 11.9 Å². The summed E-state index contributed by atoms with van der Waals surface area (Å²) < 4.78 is 17.0. The first-order valence-corrected chi connectivity index (χ1v) is 13.6. The number of fused-ring (bicyclic) bond motifs is 2. The molecule has 0 saturated heterocycles. The number of aromatic amines is 1. The van der Waals surface area contributed by atoms with Crippen molar-refractivity contribution in [3.8, 4) is 34.4 Å². The van der Waals surface area contributed by atoms with E-state index in [2.05, 4.69) is 37.5 Å². The van der Waals surface area contributed by atoms with Gasteiger partial charge in [-0.2, -0.15) is 10.4 Å². The SMILES string of the molecule is N#Cc1cccc2c(-c3ccccc3Cl)c(C(=O)NN=Cc3cc(Br)ccc3OC(=O)c3ccc4c(c3)OCO4)[nH]c12. The fourth-order valence-corrected chi connectivity index (χ4v) is 5.15. The van der Waals surface area contributed by atoms with Crippen LogP contribution in [0.5, 0.6) is 17.2 Å². The predicted octanol–water partition coefficient (Wildman–Crippen LogP) is 6.83. The summed E-state index contributed by atoms with van der Waals surface area (Å²) in [5.41, 5.74) is 5.46. The smallest absolute Gasteiger partial charge is 0.343 e. The number of H-pyrrole nitrogens is 1.